The quantitative estimate of drug-likeness (QED) is 0.699. The van der Waals surface area contributed by atoms with Crippen LogP contribution in [0, 0.1) is 5.82 Å². The SMILES string of the molecule is CCOC(=O)COCc1ccc(F)cc1. The number of hydrogen-bond donors (Lipinski definition) is 0. The molecule has 0 unspecified atom stereocenters. The van der Waals surface area contributed by atoms with Crippen LogP contribution in [0.3, 0.4) is 0 Å². The minimum atomic E-state index is -0.389. The van der Waals surface area contributed by atoms with Crippen molar-refractivity contribution in [2.45, 2.75) is 13.5 Å². The predicted octanol–water partition coefficient (Wildman–Crippen LogP) is 1.91. The van der Waals surface area contributed by atoms with E-state index in [1.165, 1.54) is 12.1 Å². The largest absolute Gasteiger partial charge is 0.464 e. The lowest BCUT2D eigenvalue weighted by molar-refractivity contribution is -0.148. The van der Waals surface area contributed by atoms with Gasteiger partial charge >= 0.3 is 5.97 Å². The molecule has 0 N–H and O–H groups in total. The van der Waals surface area contributed by atoms with Gasteiger partial charge in [-0.15, -0.1) is 0 Å². The summed E-state index contributed by atoms with van der Waals surface area (Å²) < 4.78 is 22.3. The van der Waals surface area contributed by atoms with Crippen molar-refractivity contribution in [3.8, 4) is 0 Å². The van der Waals surface area contributed by atoms with Crippen LogP contribution in [-0.2, 0) is 20.9 Å². The Morgan fingerprint density at radius 2 is 2.00 bits per heavy atom. The normalized spacial score (nSPS) is 10.0. The third-order valence-electron chi connectivity index (χ3n) is 1.71. The van der Waals surface area contributed by atoms with E-state index in [4.69, 9.17) is 4.74 Å². The van der Waals surface area contributed by atoms with Gasteiger partial charge in [-0.25, -0.2) is 9.18 Å². The fourth-order valence-electron chi connectivity index (χ4n) is 1.04. The Bertz CT molecular complexity index is 308. The molecule has 1 aromatic rings. The molecular weight excluding hydrogens is 199 g/mol. The molecule has 15 heavy (non-hydrogen) atoms. The van der Waals surface area contributed by atoms with Gasteiger partial charge in [0.1, 0.15) is 12.4 Å². The molecule has 4 heteroatoms. The average molecular weight is 212 g/mol. The Morgan fingerprint density at radius 1 is 1.33 bits per heavy atom. The van der Waals surface area contributed by atoms with Crippen molar-refractivity contribution in [3.63, 3.8) is 0 Å². The monoisotopic (exact) mass is 212 g/mol. The number of rotatable bonds is 5. The van der Waals surface area contributed by atoms with E-state index in [0.717, 1.165) is 5.56 Å². The van der Waals surface area contributed by atoms with Gasteiger partial charge in [-0.2, -0.15) is 0 Å². The molecule has 1 rings (SSSR count). The Hall–Kier alpha value is -1.42. The van der Waals surface area contributed by atoms with Crippen molar-refractivity contribution < 1.29 is 18.7 Å². The summed E-state index contributed by atoms with van der Waals surface area (Å²) in [5.74, 6) is -0.677. The van der Waals surface area contributed by atoms with Crippen molar-refractivity contribution in [2.24, 2.45) is 0 Å². The van der Waals surface area contributed by atoms with Gasteiger partial charge in [-0.1, -0.05) is 12.1 Å². The molecule has 0 radical (unpaired) electrons. The number of carbonyl (C=O) groups excluding carboxylic acids is 1. The second-order valence-electron chi connectivity index (χ2n) is 2.92. The second kappa shape index (κ2) is 6.14. The molecule has 3 nitrogen and oxygen atoms in total. The molecule has 1 aromatic carbocycles. The summed E-state index contributed by atoms with van der Waals surface area (Å²) in [4.78, 5) is 10.9. The lowest BCUT2D eigenvalue weighted by Gasteiger charge is -2.03. The standard InChI is InChI=1S/C11H13FO3/c1-2-15-11(13)8-14-7-9-3-5-10(12)6-4-9/h3-6H,2,7-8H2,1H3. The van der Waals surface area contributed by atoms with Crippen molar-refractivity contribution in [3.05, 3.63) is 35.6 Å². The molecule has 0 amide bonds. The first-order valence-electron chi connectivity index (χ1n) is 4.70. The minimum Gasteiger partial charge on any atom is -0.464 e. The molecule has 0 saturated heterocycles. The van der Waals surface area contributed by atoms with Gasteiger partial charge in [0.15, 0.2) is 0 Å². The first kappa shape index (κ1) is 11.7. The zero-order valence-electron chi connectivity index (χ0n) is 8.53. The van der Waals surface area contributed by atoms with E-state index in [9.17, 15) is 9.18 Å². The maximum absolute atomic E-state index is 12.5. The fourth-order valence-corrected chi connectivity index (χ4v) is 1.04. The van der Waals surface area contributed by atoms with Crippen LogP contribution in [-0.4, -0.2) is 19.2 Å². The summed E-state index contributed by atoms with van der Waals surface area (Å²) in [6.07, 6.45) is 0. The van der Waals surface area contributed by atoms with E-state index in [0.29, 0.717) is 6.61 Å². The lowest BCUT2D eigenvalue weighted by atomic mass is 10.2. The van der Waals surface area contributed by atoms with Crippen LogP contribution in [0.5, 0.6) is 0 Å². The van der Waals surface area contributed by atoms with Gasteiger partial charge in [0, 0.05) is 0 Å². The van der Waals surface area contributed by atoms with Crippen molar-refractivity contribution in [1.82, 2.24) is 0 Å². The van der Waals surface area contributed by atoms with Crippen LogP contribution in [0.4, 0.5) is 4.39 Å². The highest BCUT2D eigenvalue weighted by atomic mass is 19.1. The number of halogens is 1. The molecule has 0 saturated carbocycles. The number of carbonyl (C=O) groups is 1. The van der Waals surface area contributed by atoms with Gasteiger partial charge in [-0.3, -0.25) is 0 Å². The van der Waals surface area contributed by atoms with Crippen LogP contribution in [0.1, 0.15) is 12.5 Å². The minimum absolute atomic E-state index is 0.0782. The van der Waals surface area contributed by atoms with E-state index in [-0.39, 0.29) is 25.0 Å². The Labute approximate surface area is 87.8 Å². The van der Waals surface area contributed by atoms with E-state index in [2.05, 4.69) is 4.74 Å². The molecule has 0 aliphatic carbocycles. The molecule has 82 valence electrons. The van der Waals surface area contributed by atoms with Gasteiger partial charge in [0.05, 0.1) is 13.2 Å². The first-order chi connectivity index (χ1) is 7.22. The molecule has 0 aliphatic rings. The van der Waals surface area contributed by atoms with Crippen molar-refractivity contribution in [2.75, 3.05) is 13.2 Å². The van der Waals surface area contributed by atoms with E-state index < -0.39 is 0 Å². The smallest absolute Gasteiger partial charge is 0.332 e. The molecule has 0 spiro atoms. The Kier molecular flexibility index (Phi) is 4.77. The maximum Gasteiger partial charge on any atom is 0.332 e. The summed E-state index contributed by atoms with van der Waals surface area (Å²) in [5, 5.41) is 0. The summed E-state index contributed by atoms with van der Waals surface area (Å²) in [6, 6.07) is 5.92. The van der Waals surface area contributed by atoms with Gasteiger partial charge in [-0.05, 0) is 24.6 Å². The Morgan fingerprint density at radius 3 is 2.60 bits per heavy atom. The summed E-state index contributed by atoms with van der Waals surface area (Å²) in [6.45, 7) is 2.28. The maximum atomic E-state index is 12.5. The molecule has 0 aromatic heterocycles. The van der Waals surface area contributed by atoms with Crippen LogP contribution in [0.25, 0.3) is 0 Å². The van der Waals surface area contributed by atoms with Crippen LogP contribution in [0.15, 0.2) is 24.3 Å². The summed E-state index contributed by atoms with van der Waals surface area (Å²) >= 11 is 0. The molecule has 0 fully saturated rings. The third-order valence-corrected chi connectivity index (χ3v) is 1.71. The number of ether oxygens (including phenoxy) is 2. The first-order valence-corrected chi connectivity index (χ1v) is 4.70. The molecule has 0 atom stereocenters. The second-order valence-corrected chi connectivity index (χ2v) is 2.92. The zero-order valence-corrected chi connectivity index (χ0v) is 8.53. The van der Waals surface area contributed by atoms with Crippen LogP contribution < -0.4 is 0 Å². The summed E-state index contributed by atoms with van der Waals surface area (Å²) in [5.41, 5.74) is 0.820. The molecule has 0 bridgehead atoms. The van der Waals surface area contributed by atoms with E-state index >= 15 is 0 Å². The Balaban J connectivity index is 2.26. The number of esters is 1. The molecular formula is C11H13FO3. The average Bonchev–Trinajstić information content (AvgIpc) is 2.21. The van der Waals surface area contributed by atoms with Crippen molar-refractivity contribution >= 4 is 5.97 Å². The van der Waals surface area contributed by atoms with Gasteiger partial charge < -0.3 is 9.47 Å². The molecule has 0 aliphatic heterocycles. The zero-order chi connectivity index (χ0) is 11.1. The van der Waals surface area contributed by atoms with E-state index in [1.807, 2.05) is 0 Å². The lowest BCUT2D eigenvalue weighted by Crippen LogP contribution is -2.12. The highest BCUT2D eigenvalue weighted by Gasteiger charge is 2.01. The van der Waals surface area contributed by atoms with Crippen molar-refractivity contribution in [1.29, 1.82) is 0 Å². The van der Waals surface area contributed by atoms with Crippen LogP contribution in [0.2, 0.25) is 0 Å². The van der Waals surface area contributed by atoms with Gasteiger partial charge in [0.25, 0.3) is 0 Å². The topological polar surface area (TPSA) is 35.5 Å². The highest BCUT2D eigenvalue weighted by Crippen LogP contribution is 2.03. The van der Waals surface area contributed by atoms with E-state index in [1.54, 1.807) is 19.1 Å². The highest BCUT2D eigenvalue weighted by molar-refractivity contribution is 5.70. The molecule has 0 heterocycles. The predicted molar refractivity (Wildman–Crippen MR) is 52.7 cm³/mol. The van der Waals surface area contributed by atoms with Gasteiger partial charge in [0.2, 0.25) is 0 Å². The number of benzene rings is 1. The summed E-state index contributed by atoms with van der Waals surface area (Å²) in [7, 11) is 0. The number of hydrogen-bond acceptors (Lipinski definition) is 3. The van der Waals surface area contributed by atoms with Crippen LogP contribution >= 0.6 is 0 Å². The fraction of sp³-hybridized carbons (Fsp3) is 0.364. The third kappa shape index (κ3) is 4.56.